The number of carbonyl (C=O) groups is 1. The number of para-hydroxylation sites is 1. The van der Waals surface area contributed by atoms with E-state index < -0.39 is 0 Å². The van der Waals surface area contributed by atoms with Crippen LogP contribution >= 0.6 is 11.3 Å². The van der Waals surface area contributed by atoms with Crippen molar-refractivity contribution in [3.05, 3.63) is 76.5 Å². The van der Waals surface area contributed by atoms with Crippen molar-refractivity contribution in [2.45, 2.75) is 13.0 Å². The highest BCUT2D eigenvalue weighted by Gasteiger charge is 2.07. The normalized spacial score (nSPS) is 10.8. The Kier molecular flexibility index (Phi) is 4.76. The molecule has 0 saturated heterocycles. The minimum Gasteiger partial charge on any atom is -0.326 e. The van der Waals surface area contributed by atoms with Crippen molar-refractivity contribution in [1.82, 2.24) is 14.8 Å². The smallest absolute Gasteiger partial charge is 0.226 e. The van der Waals surface area contributed by atoms with E-state index in [1.165, 1.54) is 6.20 Å². The zero-order chi connectivity index (χ0) is 18.6. The minimum atomic E-state index is -0.119. The number of thiazole rings is 1. The van der Waals surface area contributed by atoms with Crippen molar-refractivity contribution in [2.75, 3.05) is 5.32 Å². The first kappa shape index (κ1) is 17.1. The van der Waals surface area contributed by atoms with Crippen LogP contribution in [0.25, 0.3) is 21.5 Å². The Hall–Kier alpha value is -3.32. The highest BCUT2D eigenvalue weighted by atomic mass is 32.1. The molecule has 6 nitrogen and oxygen atoms in total. The van der Waals surface area contributed by atoms with Crippen molar-refractivity contribution in [3.63, 3.8) is 0 Å². The van der Waals surface area contributed by atoms with Gasteiger partial charge in [-0.25, -0.2) is 4.98 Å². The van der Waals surface area contributed by atoms with Crippen LogP contribution in [-0.4, -0.2) is 20.7 Å². The Balaban J connectivity index is 1.42. The Bertz CT molecular complexity index is 1130. The molecular formula is C20H16N4O2S. The predicted octanol–water partition coefficient (Wildman–Crippen LogP) is 3.55. The number of nitrogens with one attached hydrogen (secondary N) is 1. The van der Waals surface area contributed by atoms with E-state index in [-0.39, 0.29) is 17.8 Å². The monoisotopic (exact) mass is 376 g/mol. The first-order valence-corrected chi connectivity index (χ1v) is 9.33. The van der Waals surface area contributed by atoms with Crippen LogP contribution in [0.2, 0.25) is 0 Å². The average Bonchev–Trinajstić information content (AvgIpc) is 3.23. The lowest BCUT2D eigenvalue weighted by molar-refractivity contribution is -0.116. The summed E-state index contributed by atoms with van der Waals surface area (Å²) in [6.45, 7) is 0.393. The van der Waals surface area contributed by atoms with Gasteiger partial charge in [0.25, 0.3) is 0 Å². The van der Waals surface area contributed by atoms with E-state index in [1.807, 2.05) is 47.8 Å². The Morgan fingerprint density at radius 2 is 1.93 bits per heavy atom. The van der Waals surface area contributed by atoms with E-state index >= 15 is 0 Å². The Morgan fingerprint density at radius 1 is 1.11 bits per heavy atom. The molecule has 7 heteroatoms. The third-order valence-electron chi connectivity index (χ3n) is 4.16. The molecule has 2 aromatic carbocycles. The second kappa shape index (κ2) is 7.51. The lowest BCUT2D eigenvalue weighted by atomic mass is 10.2. The Morgan fingerprint density at radius 3 is 2.70 bits per heavy atom. The van der Waals surface area contributed by atoms with Crippen LogP contribution in [0.1, 0.15) is 6.42 Å². The number of hydrogen-bond acceptors (Lipinski definition) is 5. The molecule has 1 amide bonds. The van der Waals surface area contributed by atoms with Gasteiger partial charge in [-0.2, -0.15) is 5.10 Å². The van der Waals surface area contributed by atoms with Gasteiger partial charge in [0, 0.05) is 34.6 Å². The second-order valence-electron chi connectivity index (χ2n) is 5.96. The molecule has 27 heavy (non-hydrogen) atoms. The van der Waals surface area contributed by atoms with Gasteiger partial charge in [0.15, 0.2) is 0 Å². The molecule has 0 bridgehead atoms. The molecule has 4 rings (SSSR count). The van der Waals surface area contributed by atoms with Gasteiger partial charge in [0.2, 0.25) is 11.3 Å². The van der Waals surface area contributed by atoms with Crippen LogP contribution in [0.5, 0.6) is 0 Å². The fraction of sp³-hybridized carbons (Fsp3) is 0.100. The van der Waals surface area contributed by atoms with Crippen molar-refractivity contribution in [2.24, 2.45) is 0 Å². The van der Waals surface area contributed by atoms with E-state index in [4.69, 9.17) is 0 Å². The fourth-order valence-electron chi connectivity index (χ4n) is 2.83. The highest BCUT2D eigenvalue weighted by Crippen LogP contribution is 2.23. The SMILES string of the molecule is O=C(CCn1ncc(=O)c2ccccc21)Nc1ccc(-c2nccs2)cc1. The maximum Gasteiger partial charge on any atom is 0.226 e. The van der Waals surface area contributed by atoms with Gasteiger partial charge in [-0.15, -0.1) is 11.3 Å². The number of anilines is 1. The van der Waals surface area contributed by atoms with Gasteiger partial charge in [0.1, 0.15) is 5.01 Å². The number of aromatic nitrogens is 3. The van der Waals surface area contributed by atoms with Gasteiger partial charge < -0.3 is 5.32 Å². The molecule has 0 saturated carbocycles. The number of fused-ring (bicyclic) bond motifs is 1. The van der Waals surface area contributed by atoms with E-state index in [2.05, 4.69) is 15.4 Å². The first-order chi connectivity index (χ1) is 13.2. The molecule has 1 N–H and O–H groups in total. The van der Waals surface area contributed by atoms with E-state index in [9.17, 15) is 9.59 Å². The van der Waals surface area contributed by atoms with E-state index in [0.717, 1.165) is 21.8 Å². The summed E-state index contributed by atoms with van der Waals surface area (Å²) >= 11 is 1.57. The third kappa shape index (κ3) is 3.78. The van der Waals surface area contributed by atoms with Gasteiger partial charge in [-0.3, -0.25) is 14.3 Å². The number of hydrogen-bond donors (Lipinski definition) is 1. The number of nitrogens with zero attached hydrogens (tertiary/aromatic N) is 3. The number of carbonyl (C=O) groups excluding carboxylic acids is 1. The lowest BCUT2D eigenvalue weighted by Crippen LogP contribution is -2.18. The summed E-state index contributed by atoms with van der Waals surface area (Å²) in [5, 5.41) is 10.5. The summed E-state index contributed by atoms with van der Waals surface area (Å²) in [4.78, 5) is 28.4. The fourth-order valence-corrected chi connectivity index (χ4v) is 3.48. The third-order valence-corrected chi connectivity index (χ3v) is 4.98. The molecule has 0 aliphatic carbocycles. The maximum atomic E-state index is 12.3. The van der Waals surface area contributed by atoms with E-state index in [1.54, 1.807) is 28.3 Å². The van der Waals surface area contributed by atoms with Crippen molar-refractivity contribution in [1.29, 1.82) is 0 Å². The molecule has 0 aliphatic heterocycles. The topological polar surface area (TPSA) is 76.9 Å². The average molecular weight is 376 g/mol. The zero-order valence-corrected chi connectivity index (χ0v) is 15.1. The minimum absolute atomic E-state index is 0.110. The Labute approximate surface area is 159 Å². The van der Waals surface area contributed by atoms with Crippen LogP contribution in [0.15, 0.2) is 71.1 Å². The quantitative estimate of drug-likeness (QED) is 0.578. The lowest BCUT2D eigenvalue weighted by Gasteiger charge is -2.10. The summed E-state index contributed by atoms with van der Waals surface area (Å²) < 4.78 is 1.68. The van der Waals surface area contributed by atoms with Crippen molar-refractivity contribution in [3.8, 4) is 10.6 Å². The molecule has 2 aromatic heterocycles. The van der Waals surface area contributed by atoms with Gasteiger partial charge >= 0.3 is 0 Å². The molecule has 0 atom stereocenters. The molecule has 2 heterocycles. The highest BCUT2D eigenvalue weighted by molar-refractivity contribution is 7.13. The molecule has 4 aromatic rings. The van der Waals surface area contributed by atoms with Gasteiger partial charge in [-0.1, -0.05) is 12.1 Å². The number of amides is 1. The maximum absolute atomic E-state index is 12.3. The molecule has 0 radical (unpaired) electrons. The molecule has 0 aliphatic rings. The summed E-state index contributed by atoms with van der Waals surface area (Å²) in [5.41, 5.74) is 2.36. The van der Waals surface area contributed by atoms with Crippen LogP contribution < -0.4 is 10.7 Å². The molecule has 134 valence electrons. The van der Waals surface area contributed by atoms with Gasteiger partial charge in [-0.05, 0) is 36.4 Å². The molecular weight excluding hydrogens is 360 g/mol. The molecule has 0 unspecified atom stereocenters. The number of benzene rings is 2. The largest absolute Gasteiger partial charge is 0.326 e. The number of aryl methyl sites for hydroxylation is 1. The molecule has 0 spiro atoms. The second-order valence-corrected chi connectivity index (χ2v) is 6.86. The predicted molar refractivity (Wildman–Crippen MR) is 107 cm³/mol. The summed E-state index contributed by atoms with van der Waals surface area (Å²) in [6.07, 6.45) is 3.32. The van der Waals surface area contributed by atoms with Crippen LogP contribution in [0.3, 0.4) is 0 Å². The zero-order valence-electron chi connectivity index (χ0n) is 14.3. The molecule has 0 fully saturated rings. The van der Waals surface area contributed by atoms with Crippen molar-refractivity contribution >= 4 is 33.8 Å². The van der Waals surface area contributed by atoms with Crippen LogP contribution in [-0.2, 0) is 11.3 Å². The van der Waals surface area contributed by atoms with Crippen LogP contribution in [0.4, 0.5) is 5.69 Å². The first-order valence-electron chi connectivity index (χ1n) is 8.45. The van der Waals surface area contributed by atoms with Gasteiger partial charge in [0.05, 0.1) is 18.3 Å². The standard InChI is InChI=1S/C20H16N4O2S/c25-18-13-22-24(17-4-2-1-3-16(17)18)11-9-19(26)23-15-7-5-14(6-8-15)20-21-10-12-27-20/h1-8,10,12-13H,9,11H2,(H,23,26). The number of rotatable bonds is 5. The van der Waals surface area contributed by atoms with E-state index in [0.29, 0.717) is 11.9 Å². The summed E-state index contributed by atoms with van der Waals surface area (Å²) in [7, 11) is 0. The van der Waals surface area contributed by atoms with Crippen molar-refractivity contribution < 1.29 is 4.79 Å². The summed E-state index contributed by atoms with van der Waals surface area (Å²) in [6, 6.07) is 14.9. The summed E-state index contributed by atoms with van der Waals surface area (Å²) in [5.74, 6) is -0.110. The van der Waals surface area contributed by atoms with Crippen LogP contribution in [0, 0.1) is 0 Å².